The van der Waals surface area contributed by atoms with Crippen molar-refractivity contribution < 1.29 is 23.5 Å². The summed E-state index contributed by atoms with van der Waals surface area (Å²) in [5.74, 6) is -0.216. The predicted octanol–water partition coefficient (Wildman–Crippen LogP) is 4.02. The third-order valence-electron chi connectivity index (χ3n) is 5.19. The lowest BCUT2D eigenvalue weighted by molar-refractivity contribution is -0.139. The van der Waals surface area contributed by atoms with E-state index in [9.17, 15) is 14.4 Å². The molecule has 29 heavy (non-hydrogen) atoms. The Morgan fingerprint density at radius 3 is 2.45 bits per heavy atom. The molecule has 1 atom stereocenters. The second kappa shape index (κ2) is 7.54. The number of aryl methyl sites for hydroxylation is 2. The molecule has 1 aliphatic heterocycles. The van der Waals surface area contributed by atoms with Gasteiger partial charge in [0.25, 0.3) is 0 Å². The fourth-order valence-corrected chi connectivity index (χ4v) is 3.46. The summed E-state index contributed by atoms with van der Waals surface area (Å²) in [6.07, 6.45) is 0.686. The van der Waals surface area contributed by atoms with Crippen molar-refractivity contribution in [2.45, 2.75) is 66.0 Å². The van der Waals surface area contributed by atoms with E-state index >= 15 is 0 Å². The normalized spacial score (nSPS) is 16.9. The molecule has 156 valence electrons. The summed E-state index contributed by atoms with van der Waals surface area (Å²) in [6.45, 7) is 11.1. The lowest BCUT2D eigenvalue weighted by Crippen LogP contribution is -2.44. The molecule has 1 aromatic heterocycles. The van der Waals surface area contributed by atoms with Gasteiger partial charge in [0, 0.05) is 23.1 Å². The summed E-state index contributed by atoms with van der Waals surface area (Å²) in [5.41, 5.74) is 1.31. The van der Waals surface area contributed by atoms with Gasteiger partial charge in [0.1, 0.15) is 23.0 Å². The second-order valence-corrected chi connectivity index (χ2v) is 8.46. The Morgan fingerprint density at radius 1 is 1.10 bits per heavy atom. The van der Waals surface area contributed by atoms with Crippen molar-refractivity contribution >= 4 is 23.0 Å². The minimum atomic E-state index is -0.702. The first-order chi connectivity index (χ1) is 13.5. The fourth-order valence-electron chi connectivity index (χ4n) is 3.46. The molecule has 7 nitrogen and oxygen atoms in total. The molecule has 0 aliphatic carbocycles. The van der Waals surface area contributed by atoms with E-state index < -0.39 is 29.3 Å². The van der Waals surface area contributed by atoms with Crippen LogP contribution in [-0.4, -0.2) is 35.2 Å². The maximum Gasteiger partial charge on any atom is 0.411 e. The van der Waals surface area contributed by atoms with Crippen LogP contribution in [0.3, 0.4) is 0 Å². The standard InChI is InChI=1S/C22H27NO6/c1-12-13(2)19(24)28-18-14(3)17(10-9-15(12)18)27-20(25)16-8-7-11-23(16)21(26)29-22(4,5)6/h9-10,16H,7-8,11H2,1-6H3. The van der Waals surface area contributed by atoms with Gasteiger partial charge in [-0.2, -0.15) is 0 Å². The predicted molar refractivity (Wildman–Crippen MR) is 108 cm³/mol. The second-order valence-electron chi connectivity index (χ2n) is 8.46. The van der Waals surface area contributed by atoms with Crippen molar-refractivity contribution in [3.8, 4) is 5.75 Å². The average molecular weight is 401 g/mol. The molecule has 3 rings (SSSR count). The monoisotopic (exact) mass is 401 g/mol. The average Bonchev–Trinajstić information content (AvgIpc) is 3.11. The summed E-state index contributed by atoms with van der Waals surface area (Å²) in [4.78, 5) is 38.7. The molecule has 7 heteroatoms. The highest BCUT2D eigenvalue weighted by atomic mass is 16.6. The first kappa shape index (κ1) is 20.9. The van der Waals surface area contributed by atoms with Gasteiger partial charge in [-0.3, -0.25) is 4.90 Å². The van der Waals surface area contributed by atoms with E-state index in [0.29, 0.717) is 41.8 Å². The number of amides is 1. The molecule has 1 aliphatic rings. The number of benzene rings is 1. The van der Waals surface area contributed by atoms with Crippen molar-refractivity contribution in [1.29, 1.82) is 0 Å². The van der Waals surface area contributed by atoms with Crippen LogP contribution in [0.25, 0.3) is 11.0 Å². The molecule has 1 saturated heterocycles. The van der Waals surface area contributed by atoms with Gasteiger partial charge in [0.2, 0.25) is 0 Å². The molecule has 0 spiro atoms. The van der Waals surface area contributed by atoms with E-state index in [1.54, 1.807) is 46.8 Å². The number of ether oxygens (including phenoxy) is 2. The summed E-state index contributed by atoms with van der Waals surface area (Å²) in [6, 6.07) is 2.76. The van der Waals surface area contributed by atoms with E-state index in [0.717, 1.165) is 10.9 Å². The summed E-state index contributed by atoms with van der Waals surface area (Å²) >= 11 is 0. The Balaban J connectivity index is 1.86. The summed E-state index contributed by atoms with van der Waals surface area (Å²) in [5, 5.41) is 0.802. The Hall–Kier alpha value is -2.83. The van der Waals surface area contributed by atoms with Gasteiger partial charge < -0.3 is 13.9 Å². The summed E-state index contributed by atoms with van der Waals surface area (Å²) in [7, 11) is 0. The number of nitrogens with zero attached hydrogens (tertiary/aromatic N) is 1. The molecule has 0 radical (unpaired) electrons. The van der Waals surface area contributed by atoms with Gasteiger partial charge >= 0.3 is 17.7 Å². The van der Waals surface area contributed by atoms with Crippen LogP contribution in [0.2, 0.25) is 0 Å². The number of rotatable bonds is 2. The van der Waals surface area contributed by atoms with Gasteiger partial charge in [0.15, 0.2) is 0 Å². The zero-order chi connectivity index (χ0) is 21.5. The van der Waals surface area contributed by atoms with E-state index in [1.165, 1.54) is 4.90 Å². The number of carbonyl (C=O) groups excluding carboxylic acids is 2. The molecule has 0 N–H and O–H groups in total. The first-order valence-corrected chi connectivity index (χ1v) is 9.74. The van der Waals surface area contributed by atoms with Gasteiger partial charge in [0.05, 0.1) is 0 Å². The van der Waals surface area contributed by atoms with Crippen molar-refractivity contribution in [2.75, 3.05) is 6.54 Å². The van der Waals surface area contributed by atoms with Crippen LogP contribution >= 0.6 is 0 Å². The number of hydrogen-bond donors (Lipinski definition) is 0. The molecular weight excluding hydrogens is 374 g/mol. The van der Waals surface area contributed by atoms with Crippen LogP contribution in [0.15, 0.2) is 21.3 Å². The van der Waals surface area contributed by atoms with E-state index in [2.05, 4.69) is 0 Å². The van der Waals surface area contributed by atoms with Crippen LogP contribution in [0.5, 0.6) is 5.75 Å². The maximum atomic E-state index is 12.8. The molecule has 2 heterocycles. The maximum absolute atomic E-state index is 12.8. The fraction of sp³-hybridized carbons (Fsp3) is 0.500. The Bertz CT molecular complexity index is 1030. The van der Waals surface area contributed by atoms with Crippen molar-refractivity contribution in [2.24, 2.45) is 0 Å². The SMILES string of the molecule is Cc1c(C)c2ccc(OC(=O)C3CCCN3C(=O)OC(C)(C)C)c(C)c2oc1=O. The number of hydrogen-bond acceptors (Lipinski definition) is 6. The zero-order valence-corrected chi connectivity index (χ0v) is 17.8. The number of likely N-dealkylation sites (tertiary alicyclic amines) is 1. The van der Waals surface area contributed by atoms with Gasteiger partial charge in [-0.05, 0) is 72.1 Å². The highest BCUT2D eigenvalue weighted by Crippen LogP contribution is 2.30. The molecule has 1 aromatic carbocycles. The van der Waals surface area contributed by atoms with E-state index in [-0.39, 0.29) is 0 Å². The van der Waals surface area contributed by atoms with Crippen LogP contribution < -0.4 is 10.4 Å². The molecule has 1 unspecified atom stereocenters. The van der Waals surface area contributed by atoms with Crippen LogP contribution in [0.4, 0.5) is 4.79 Å². The largest absolute Gasteiger partial charge is 0.444 e. The van der Waals surface area contributed by atoms with E-state index in [1.807, 2.05) is 6.92 Å². The van der Waals surface area contributed by atoms with Gasteiger partial charge in [-0.25, -0.2) is 14.4 Å². The minimum absolute atomic E-state index is 0.310. The van der Waals surface area contributed by atoms with Crippen molar-refractivity contribution in [3.63, 3.8) is 0 Å². The summed E-state index contributed by atoms with van der Waals surface area (Å²) < 4.78 is 16.4. The topological polar surface area (TPSA) is 86.1 Å². The van der Waals surface area contributed by atoms with Gasteiger partial charge in [-0.1, -0.05) is 0 Å². The molecule has 1 fully saturated rings. The number of esters is 1. The van der Waals surface area contributed by atoms with Crippen molar-refractivity contribution in [3.05, 3.63) is 39.2 Å². The smallest absolute Gasteiger partial charge is 0.411 e. The quantitative estimate of drug-likeness (QED) is 0.429. The zero-order valence-electron chi connectivity index (χ0n) is 17.8. The van der Waals surface area contributed by atoms with Crippen LogP contribution in [0, 0.1) is 20.8 Å². The van der Waals surface area contributed by atoms with Gasteiger partial charge in [-0.15, -0.1) is 0 Å². The highest BCUT2D eigenvalue weighted by Gasteiger charge is 2.38. The molecular formula is C22H27NO6. The van der Waals surface area contributed by atoms with Crippen LogP contribution in [-0.2, 0) is 9.53 Å². The number of fused-ring (bicyclic) bond motifs is 1. The lowest BCUT2D eigenvalue weighted by Gasteiger charge is -2.27. The lowest BCUT2D eigenvalue weighted by atomic mass is 10.0. The van der Waals surface area contributed by atoms with E-state index in [4.69, 9.17) is 13.9 Å². The Kier molecular flexibility index (Phi) is 5.43. The van der Waals surface area contributed by atoms with Crippen molar-refractivity contribution in [1.82, 2.24) is 4.90 Å². The minimum Gasteiger partial charge on any atom is -0.444 e. The first-order valence-electron chi connectivity index (χ1n) is 9.74. The highest BCUT2D eigenvalue weighted by molar-refractivity contribution is 5.88. The number of carbonyl (C=O) groups is 2. The third kappa shape index (κ3) is 4.13. The third-order valence-corrected chi connectivity index (χ3v) is 5.19. The molecule has 2 aromatic rings. The Morgan fingerprint density at radius 2 is 1.79 bits per heavy atom. The molecule has 0 saturated carbocycles. The molecule has 1 amide bonds. The Labute approximate surface area is 169 Å². The van der Waals surface area contributed by atoms with Crippen LogP contribution in [0.1, 0.15) is 50.3 Å². The molecule has 0 bridgehead atoms.